The van der Waals surface area contributed by atoms with Crippen molar-refractivity contribution in [2.24, 2.45) is 0 Å². The van der Waals surface area contributed by atoms with E-state index in [2.05, 4.69) is 0 Å². The quantitative estimate of drug-likeness (QED) is 0.854. The predicted octanol–water partition coefficient (Wildman–Crippen LogP) is 3.07. The van der Waals surface area contributed by atoms with Crippen molar-refractivity contribution >= 4 is 17.7 Å². The Morgan fingerprint density at radius 1 is 1.17 bits per heavy atom. The topological polar surface area (TPSA) is 48.0 Å². The highest BCUT2D eigenvalue weighted by molar-refractivity contribution is 7.99. The number of amides is 1. The summed E-state index contributed by atoms with van der Waals surface area (Å²) in [5.74, 6) is 3.11. The normalized spacial score (nSPS) is 18.7. The van der Waals surface area contributed by atoms with E-state index >= 15 is 0 Å². The van der Waals surface area contributed by atoms with E-state index in [1.165, 1.54) is 0 Å². The van der Waals surface area contributed by atoms with Gasteiger partial charge in [-0.1, -0.05) is 24.3 Å². The Labute approximate surface area is 144 Å². The van der Waals surface area contributed by atoms with Crippen LogP contribution in [-0.2, 0) is 4.79 Å². The molecule has 124 valence electrons. The molecule has 5 nitrogen and oxygen atoms in total. The molecular formula is C18H17NO4S. The molecule has 0 radical (unpaired) electrons. The van der Waals surface area contributed by atoms with Crippen LogP contribution in [-0.4, -0.2) is 36.5 Å². The number of fused-ring (bicyclic) bond motifs is 1. The Morgan fingerprint density at radius 2 is 2.00 bits per heavy atom. The Hall–Kier alpha value is -2.34. The van der Waals surface area contributed by atoms with Crippen molar-refractivity contribution in [2.75, 3.05) is 25.7 Å². The molecule has 6 heteroatoms. The monoisotopic (exact) mass is 343 g/mol. The number of benzene rings is 2. The third-order valence-corrected chi connectivity index (χ3v) is 5.26. The minimum absolute atomic E-state index is 0.00785. The first-order chi connectivity index (χ1) is 11.8. The zero-order chi connectivity index (χ0) is 16.4. The van der Waals surface area contributed by atoms with Crippen LogP contribution in [0.25, 0.3) is 0 Å². The van der Waals surface area contributed by atoms with Gasteiger partial charge in [0.2, 0.25) is 6.79 Å². The Bertz CT molecular complexity index is 737. The Balaban J connectivity index is 1.45. The zero-order valence-corrected chi connectivity index (χ0v) is 13.8. The zero-order valence-electron chi connectivity index (χ0n) is 13.0. The highest BCUT2D eigenvalue weighted by Gasteiger charge is 2.31. The molecule has 1 saturated heterocycles. The van der Waals surface area contributed by atoms with Gasteiger partial charge in [0.25, 0.3) is 5.91 Å². The Kier molecular flexibility index (Phi) is 4.21. The van der Waals surface area contributed by atoms with E-state index < -0.39 is 0 Å². The minimum Gasteiger partial charge on any atom is -0.484 e. The second kappa shape index (κ2) is 6.65. The second-order valence-electron chi connectivity index (χ2n) is 5.52. The molecule has 1 fully saturated rings. The summed E-state index contributed by atoms with van der Waals surface area (Å²) < 4.78 is 16.4. The van der Waals surface area contributed by atoms with E-state index in [1.807, 2.05) is 53.4 Å². The van der Waals surface area contributed by atoms with Gasteiger partial charge >= 0.3 is 0 Å². The lowest BCUT2D eigenvalue weighted by molar-refractivity contribution is -0.133. The molecule has 2 aromatic carbocycles. The standard InChI is InChI=1S/C18H17NO4S/c20-17(11-21-14-4-2-1-3-5-14)19-8-9-24-18(19)13-6-7-15-16(10-13)23-12-22-15/h1-7,10,18H,8-9,11-12H2/t18-/m0/s1. The van der Waals surface area contributed by atoms with Crippen molar-refractivity contribution in [3.8, 4) is 17.2 Å². The van der Waals surface area contributed by atoms with E-state index in [9.17, 15) is 4.79 Å². The Morgan fingerprint density at radius 3 is 2.88 bits per heavy atom. The number of hydrogen-bond donors (Lipinski definition) is 0. The molecular weight excluding hydrogens is 326 g/mol. The van der Waals surface area contributed by atoms with Gasteiger partial charge < -0.3 is 19.1 Å². The van der Waals surface area contributed by atoms with Gasteiger partial charge in [0.15, 0.2) is 18.1 Å². The van der Waals surface area contributed by atoms with Gasteiger partial charge in [-0.3, -0.25) is 4.79 Å². The van der Waals surface area contributed by atoms with Gasteiger partial charge in [0.1, 0.15) is 11.1 Å². The first kappa shape index (κ1) is 15.2. The lowest BCUT2D eigenvalue weighted by Crippen LogP contribution is -2.34. The van der Waals surface area contributed by atoms with Gasteiger partial charge in [0.05, 0.1) is 0 Å². The van der Waals surface area contributed by atoms with Crippen molar-refractivity contribution in [1.82, 2.24) is 4.90 Å². The van der Waals surface area contributed by atoms with Gasteiger partial charge in [-0.15, -0.1) is 11.8 Å². The van der Waals surface area contributed by atoms with Crippen LogP contribution in [0.2, 0.25) is 0 Å². The summed E-state index contributed by atoms with van der Waals surface area (Å²) in [6.07, 6.45) is 0. The van der Waals surface area contributed by atoms with E-state index in [0.717, 1.165) is 29.4 Å². The first-order valence-corrected chi connectivity index (χ1v) is 8.84. The van der Waals surface area contributed by atoms with E-state index in [-0.39, 0.29) is 24.7 Å². The summed E-state index contributed by atoms with van der Waals surface area (Å²) in [7, 11) is 0. The molecule has 4 rings (SSSR count). The number of thioether (sulfide) groups is 1. The van der Waals surface area contributed by atoms with Gasteiger partial charge in [-0.25, -0.2) is 0 Å². The molecule has 2 aromatic rings. The molecule has 2 heterocycles. The largest absolute Gasteiger partial charge is 0.484 e. The molecule has 0 N–H and O–H groups in total. The lowest BCUT2D eigenvalue weighted by atomic mass is 10.2. The fourth-order valence-corrected chi connectivity index (χ4v) is 4.08. The SMILES string of the molecule is O=C(COc1ccccc1)N1CCS[C@H]1c1ccc2c(c1)OCO2. The summed E-state index contributed by atoms with van der Waals surface area (Å²) in [5, 5.41) is -0.00799. The number of carbonyl (C=O) groups is 1. The molecule has 1 amide bonds. The maximum absolute atomic E-state index is 12.6. The van der Waals surface area contributed by atoms with E-state index in [1.54, 1.807) is 11.8 Å². The maximum Gasteiger partial charge on any atom is 0.261 e. The number of para-hydroxylation sites is 1. The summed E-state index contributed by atoms with van der Waals surface area (Å²) >= 11 is 1.75. The highest BCUT2D eigenvalue weighted by atomic mass is 32.2. The average Bonchev–Trinajstić information content (AvgIpc) is 3.28. The van der Waals surface area contributed by atoms with Crippen LogP contribution in [0.4, 0.5) is 0 Å². The molecule has 24 heavy (non-hydrogen) atoms. The lowest BCUT2D eigenvalue weighted by Gasteiger charge is -2.24. The second-order valence-corrected chi connectivity index (χ2v) is 6.71. The number of rotatable bonds is 4. The van der Waals surface area contributed by atoms with Crippen molar-refractivity contribution in [2.45, 2.75) is 5.37 Å². The van der Waals surface area contributed by atoms with Gasteiger partial charge in [0, 0.05) is 12.3 Å². The summed E-state index contributed by atoms with van der Waals surface area (Å²) in [6, 6.07) is 15.3. The number of nitrogens with zero attached hydrogens (tertiary/aromatic N) is 1. The summed E-state index contributed by atoms with van der Waals surface area (Å²) in [6.45, 7) is 1.02. The third kappa shape index (κ3) is 3.01. The number of ether oxygens (including phenoxy) is 3. The van der Waals surface area contributed by atoms with Crippen LogP contribution in [0.5, 0.6) is 17.2 Å². The average molecular weight is 343 g/mol. The van der Waals surface area contributed by atoms with E-state index in [4.69, 9.17) is 14.2 Å². The molecule has 2 aliphatic rings. The smallest absolute Gasteiger partial charge is 0.261 e. The van der Waals surface area contributed by atoms with Crippen LogP contribution in [0.1, 0.15) is 10.9 Å². The highest BCUT2D eigenvalue weighted by Crippen LogP contribution is 2.42. The van der Waals surface area contributed by atoms with Crippen molar-refractivity contribution < 1.29 is 19.0 Å². The molecule has 0 spiro atoms. The van der Waals surface area contributed by atoms with Crippen molar-refractivity contribution in [1.29, 1.82) is 0 Å². The third-order valence-electron chi connectivity index (χ3n) is 4.00. The molecule has 2 aliphatic heterocycles. The molecule has 0 bridgehead atoms. The van der Waals surface area contributed by atoms with Crippen LogP contribution in [0.15, 0.2) is 48.5 Å². The maximum atomic E-state index is 12.6. The number of hydrogen-bond acceptors (Lipinski definition) is 5. The van der Waals surface area contributed by atoms with Crippen LogP contribution >= 0.6 is 11.8 Å². The van der Waals surface area contributed by atoms with Crippen molar-refractivity contribution in [3.63, 3.8) is 0 Å². The van der Waals surface area contributed by atoms with Gasteiger partial charge in [-0.2, -0.15) is 0 Å². The molecule has 0 unspecified atom stereocenters. The summed E-state index contributed by atoms with van der Waals surface area (Å²) in [4.78, 5) is 14.4. The molecule has 0 aliphatic carbocycles. The van der Waals surface area contributed by atoms with Crippen LogP contribution in [0, 0.1) is 0 Å². The number of carbonyl (C=O) groups excluding carboxylic acids is 1. The van der Waals surface area contributed by atoms with Crippen LogP contribution in [0.3, 0.4) is 0 Å². The van der Waals surface area contributed by atoms with Crippen molar-refractivity contribution in [3.05, 3.63) is 54.1 Å². The van der Waals surface area contributed by atoms with E-state index in [0.29, 0.717) is 5.75 Å². The van der Waals surface area contributed by atoms with Crippen LogP contribution < -0.4 is 14.2 Å². The summed E-state index contributed by atoms with van der Waals surface area (Å²) in [5.41, 5.74) is 1.05. The van der Waals surface area contributed by atoms with Gasteiger partial charge in [-0.05, 0) is 29.8 Å². The fourth-order valence-electron chi connectivity index (χ4n) is 2.81. The molecule has 1 atom stereocenters. The predicted molar refractivity (Wildman–Crippen MR) is 91.4 cm³/mol. The molecule has 0 saturated carbocycles. The minimum atomic E-state index is -0.00799. The fraction of sp³-hybridized carbons (Fsp3) is 0.278. The molecule has 0 aromatic heterocycles. The first-order valence-electron chi connectivity index (χ1n) is 7.80.